The Bertz CT molecular complexity index is 514. The van der Waals surface area contributed by atoms with Crippen molar-refractivity contribution in [3.05, 3.63) is 48.3 Å². The van der Waals surface area contributed by atoms with Crippen LogP contribution in [-0.4, -0.2) is 16.3 Å². The van der Waals surface area contributed by atoms with Crippen LogP contribution in [0.4, 0.5) is 0 Å². The zero-order valence-electron chi connectivity index (χ0n) is 11.4. The van der Waals surface area contributed by atoms with Crippen LogP contribution in [0.3, 0.4) is 0 Å². The van der Waals surface area contributed by atoms with Gasteiger partial charge in [-0.1, -0.05) is 31.5 Å². The summed E-state index contributed by atoms with van der Waals surface area (Å²) < 4.78 is 1.97. The van der Waals surface area contributed by atoms with E-state index in [2.05, 4.69) is 36.6 Å². The van der Waals surface area contributed by atoms with E-state index < -0.39 is 0 Å². The second-order valence-electron chi connectivity index (χ2n) is 5.25. The van der Waals surface area contributed by atoms with Gasteiger partial charge in [0.2, 0.25) is 0 Å². The van der Waals surface area contributed by atoms with E-state index in [0.717, 1.165) is 18.2 Å². The highest BCUT2D eigenvalue weighted by molar-refractivity contribution is 5.30. The lowest BCUT2D eigenvalue weighted by molar-refractivity contribution is 0.229. The molecule has 0 bridgehead atoms. The molecular formula is C16H21N3. The Morgan fingerprint density at radius 2 is 2.05 bits per heavy atom. The predicted octanol–water partition coefficient (Wildman–Crippen LogP) is 3.32. The first kappa shape index (κ1) is 12.4. The fourth-order valence-corrected chi connectivity index (χ4v) is 2.73. The van der Waals surface area contributed by atoms with E-state index in [1.165, 1.54) is 25.0 Å². The summed E-state index contributed by atoms with van der Waals surface area (Å²) >= 11 is 0. The highest BCUT2D eigenvalue weighted by Gasteiger charge is 2.29. The van der Waals surface area contributed by atoms with Gasteiger partial charge in [-0.05, 0) is 43.5 Å². The molecule has 1 saturated carbocycles. The lowest BCUT2D eigenvalue weighted by Gasteiger charge is -2.33. The second kappa shape index (κ2) is 5.57. The van der Waals surface area contributed by atoms with Crippen molar-refractivity contribution in [3.8, 4) is 5.69 Å². The Morgan fingerprint density at radius 1 is 1.26 bits per heavy atom. The quantitative estimate of drug-likeness (QED) is 0.888. The molecule has 3 heteroatoms. The third kappa shape index (κ3) is 2.56. The molecule has 0 radical (unpaired) electrons. The lowest BCUT2D eigenvalue weighted by Crippen LogP contribution is -2.32. The molecule has 0 saturated heterocycles. The van der Waals surface area contributed by atoms with Crippen molar-refractivity contribution in [1.82, 2.24) is 15.1 Å². The zero-order chi connectivity index (χ0) is 13.1. The van der Waals surface area contributed by atoms with Gasteiger partial charge in [-0.15, -0.1) is 0 Å². The van der Waals surface area contributed by atoms with Crippen molar-refractivity contribution in [3.63, 3.8) is 0 Å². The van der Waals surface area contributed by atoms with E-state index in [4.69, 9.17) is 5.10 Å². The van der Waals surface area contributed by atoms with Gasteiger partial charge in [-0.3, -0.25) is 0 Å². The Morgan fingerprint density at radius 3 is 2.68 bits per heavy atom. The third-order valence-corrected chi connectivity index (χ3v) is 3.99. The highest BCUT2D eigenvalue weighted by Crippen LogP contribution is 2.37. The fraction of sp³-hybridized carbons (Fsp3) is 0.438. The van der Waals surface area contributed by atoms with Crippen LogP contribution in [0.5, 0.6) is 0 Å². The first-order chi connectivity index (χ1) is 9.38. The van der Waals surface area contributed by atoms with E-state index in [1.54, 1.807) is 0 Å². The first-order valence-corrected chi connectivity index (χ1v) is 7.23. The van der Waals surface area contributed by atoms with Gasteiger partial charge in [0.25, 0.3) is 0 Å². The highest BCUT2D eigenvalue weighted by atomic mass is 15.3. The average Bonchev–Trinajstić information content (AvgIpc) is 2.86. The minimum atomic E-state index is 0.420. The van der Waals surface area contributed by atoms with E-state index in [1.807, 2.05) is 22.9 Å². The number of nitrogens with one attached hydrogen (secondary N) is 1. The van der Waals surface area contributed by atoms with Crippen molar-refractivity contribution >= 4 is 0 Å². The Balaban J connectivity index is 1.82. The number of hydrogen-bond acceptors (Lipinski definition) is 2. The summed E-state index contributed by atoms with van der Waals surface area (Å²) in [5.74, 6) is 0.763. The molecule has 1 aliphatic carbocycles. The summed E-state index contributed by atoms with van der Waals surface area (Å²) in [6.07, 6.45) is 6.09. The molecule has 0 amide bonds. The largest absolute Gasteiger partial charge is 0.309 e. The number of aromatic nitrogens is 2. The minimum Gasteiger partial charge on any atom is -0.309 e. The molecule has 0 aliphatic heterocycles. The maximum absolute atomic E-state index is 4.76. The van der Waals surface area contributed by atoms with Gasteiger partial charge in [-0.2, -0.15) is 5.10 Å². The summed E-state index contributed by atoms with van der Waals surface area (Å²) in [4.78, 5) is 0. The molecule has 2 aromatic rings. The normalized spacial score (nSPS) is 17.1. The van der Waals surface area contributed by atoms with E-state index in [-0.39, 0.29) is 0 Å². The van der Waals surface area contributed by atoms with Crippen molar-refractivity contribution in [1.29, 1.82) is 0 Å². The fourth-order valence-electron chi connectivity index (χ4n) is 2.73. The molecule has 3 nitrogen and oxygen atoms in total. The summed E-state index contributed by atoms with van der Waals surface area (Å²) in [6.45, 7) is 3.17. The molecule has 19 heavy (non-hydrogen) atoms. The predicted molar refractivity (Wildman–Crippen MR) is 77.3 cm³/mol. The topological polar surface area (TPSA) is 29.9 Å². The van der Waals surface area contributed by atoms with Crippen LogP contribution in [0.15, 0.2) is 42.6 Å². The van der Waals surface area contributed by atoms with Crippen LogP contribution < -0.4 is 5.32 Å². The number of nitrogens with zero attached hydrogens (tertiary/aromatic N) is 2. The van der Waals surface area contributed by atoms with Crippen LogP contribution in [0.1, 0.15) is 37.9 Å². The molecule has 1 aromatic heterocycles. The molecule has 1 fully saturated rings. The minimum absolute atomic E-state index is 0.420. The van der Waals surface area contributed by atoms with Gasteiger partial charge in [0, 0.05) is 6.20 Å². The molecule has 0 spiro atoms. The molecule has 1 atom stereocenters. The Labute approximate surface area is 114 Å². The number of rotatable bonds is 5. The number of benzene rings is 1. The molecular weight excluding hydrogens is 234 g/mol. The standard InChI is InChI=1S/C16H21N3/c1-2-17-16(13-7-6-8-13)15-11-12-19(18-15)14-9-4-3-5-10-14/h3-5,9-13,16-17H,2,6-8H2,1H3. The molecule has 1 N–H and O–H groups in total. The maximum atomic E-state index is 4.76. The number of para-hydroxylation sites is 1. The van der Waals surface area contributed by atoms with Crippen LogP contribution in [0.25, 0.3) is 5.69 Å². The van der Waals surface area contributed by atoms with E-state index in [0.29, 0.717) is 6.04 Å². The van der Waals surface area contributed by atoms with Crippen LogP contribution in [-0.2, 0) is 0 Å². The van der Waals surface area contributed by atoms with Crippen LogP contribution >= 0.6 is 0 Å². The van der Waals surface area contributed by atoms with Gasteiger partial charge in [0.1, 0.15) is 0 Å². The summed E-state index contributed by atoms with van der Waals surface area (Å²) in [5, 5.41) is 8.35. The summed E-state index contributed by atoms with van der Waals surface area (Å²) in [5.41, 5.74) is 2.30. The monoisotopic (exact) mass is 255 g/mol. The maximum Gasteiger partial charge on any atom is 0.0801 e. The smallest absolute Gasteiger partial charge is 0.0801 e. The Kier molecular flexibility index (Phi) is 3.65. The SMILES string of the molecule is CCNC(c1ccn(-c2ccccc2)n1)C1CCC1. The van der Waals surface area contributed by atoms with Crippen molar-refractivity contribution in [2.24, 2.45) is 5.92 Å². The van der Waals surface area contributed by atoms with Crippen molar-refractivity contribution < 1.29 is 0 Å². The van der Waals surface area contributed by atoms with Gasteiger partial charge in [-0.25, -0.2) is 4.68 Å². The van der Waals surface area contributed by atoms with Gasteiger partial charge >= 0.3 is 0 Å². The molecule has 1 heterocycles. The average molecular weight is 255 g/mol. The van der Waals surface area contributed by atoms with Gasteiger partial charge in [0.15, 0.2) is 0 Å². The second-order valence-corrected chi connectivity index (χ2v) is 5.25. The molecule has 1 unspecified atom stereocenters. The van der Waals surface area contributed by atoms with Gasteiger partial charge < -0.3 is 5.32 Å². The number of hydrogen-bond donors (Lipinski definition) is 1. The summed E-state index contributed by atoms with van der Waals surface area (Å²) in [6, 6.07) is 12.9. The molecule has 1 aromatic carbocycles. The van der Waals surface area contributed by atoms with E-state index in [9.17, 15) is 0 Å². The Hall–Kier alpha value is -1.61. The van der Waals surface area contributed by atoms with Crippen LogP contribution in [0.2, 0.25) is 0 Å². The van der Waals surface area contributed by atoms with Crippen molar-refractivity contribution in [2.75, 3.05) is 6.54 Å². The lowest BCUT2D eigenvalue weighted by atomic mass is 9.78. The summed E-state index contributed by atoms with van der Waals surface area (Å²) in [7, 11) is 0. The zero-order valence-corrected chi connectivity index (χ0v) is 11.4. The molecule has 1 aliphatic rings. The van der Waals surface area contributed by atoms with Crippen molar-refractivity contribution in [2.45, 2.75) is 32.2 Å². The van der Waals surface area contributed by atoms with Gasteiger partial charge in [0.05, 0.1) is 17.4 Å². The third-order valence-electron chi connectivity index (χ3n) is 3.99. The first-order valence-electron chi connectivity index (χ1n) is 7.23. The van der Waals surface area contributed by atoms with E-state index >= 15 is 0 Å². The molecule has 100 valence electrons. The van der Waals surface area contributed by atoms with Crippen LogP contribution in [0, 0.1) is 5.92 Å². The molecule has 3 rings (SSSR count).